The number of hydrogen-bond acceptors (Lipinski definition) is 5. The second-order valence-corrected chi connectivity index (χ2v) is 7.74. The predicted octanol–water partition coefficient (Wildman–Crippen LogP) is 4.43. The summed E-state index contributed by atoms with van der Waals surface area (Å²) in [5.74, 6) is 0.113. The van der Waals surface area contributed by atoms with Crippen LogP contribution >= 0.6 is 11.6 Å². The number of nitro benzene ring substituents is 1. The lowest BCUT2D eigenvalue weighted by Crippen LogP contribution is -2.36. The molecule has 152 valence electrons. The van der Waals surface area contributed by atoms with Crippen LogP contribution in [0.1, 0.15) is 44.7 Å². The van der Waals surface area contributed by atoms with Crippen molar-refractivity contribution >= 4 is 17.3 Å². The number of aryl methyl sites for hydroxylation is 1. The van der Waals surface area contributed by atoms with Crippen molar-refractivity contribution in [2.75, 3.05) is 6.67 Å². The monoisotopic (exact) mass is 411 g/mol. The fourth-order valence-electron chi connectivity index (χ4n) is 2.65. The molecule has 0 unspecified atom stereocenters. The van der Waals surface area contributed by atoms with Gasteiger partial charge >= 0.3 is 0 Å². The molecule has 0 saturated carbocycles. The van der Waals surface area contributed by atoms with E-state index in [1.807, 2.05) is 20.8 Å². The average molecular weight is 412 g/mol. The highest BCUT2D eigenvalue weighted by Crippen LogP contribution is 2.25. The molecule has 0 spiro atoms. The van der Waals surface area contributed by atoms with Gasteiger partial charge in [0.2, 0.25) is 0 Å². The number of unbranched alkanes of at least 4 members (excludes halogenated alkanes) is 1. The summed E-state index contributed by atoms with van der Waals surface area (Å²) >= 11 is 6.11. The number of rotatable bonds is 8. The topological polar surface area (TPSA) is 87.3 Å². The van der Waals surface area contributed by atoms with Crippen molar-refractivity contribution < 1.29 is 14.1 Å². The lowest BCUT2D eigenvalue weighted by Gasteiger charge is -2.21. The second kappa shape index (κ2) is 9.14. The Labute approximate surface area is 167 Å². The zero-order valence-electron chi connectivity index (χ0n) is 16.1. The Morgan fingerprint density at radius 1 is 1.32 bits per heavy atom. The molecule has 0 aliphatic heterocycles. The van der Waals surface area contributed by atoms with E-state index in [9.17, 15) is 19.3 Å². The minimum Gasteiger partial charge on any atom is -0.485 e. The molecule has 0 aliphatic rings. The molecule has 28 heavy (non-hydrogen) atoms. The third-order valence-corrected chi connectivity index (χ3v) is 4.44. The third-order valence-electron chi connectivity index (χ3n) is 4.09. The molecule has 0 amide bonds. The highest BCUT2D eigenvalue weighted by molar-refractivity contribution is 6.31. The summed E-state index contributed by atoms with van der Waals surface area (Å²) in [6, 6.07) is 4.77. The van der Waals surface area contributed by atoms with Gasteiger partial charge in [-0.25, -0.2) is 4.68 Å². The molecule has 0 aliphatic carbocycles. The molecular formula is C19H23ClFN3O4. The summed E-state index contributed by atoms with van der Waals surface area (Å²) in [5, 5.41) is 15.3. The lowest BCUT2D eigenvalue weighted by molar-refractivity contribution is -0.385. The Bertz CT molecular complexity index is 909. The van der Waals surface area contributed by atoms with Crippen LogP contribution in [0.2, 0.25) is 5.02 Å². The van der Waals surface area contributed by atoms with Gasteiger partial charge in [-0.05, 0) is 45.6 Å². The van der Waals surface area contributed by atoms with Crippen LogP contribution in [0.15, 0.2) is 29.2 Å². The van der Waals surface area contributed by atoms with Gasteiger partial charge in [0.15, 0.2) is 10.8 Å². The van der Waals surface area contributed by atoms with Crippen LogP contribution in [0.4, 0.5) is 10.1 Å². The average Bonchev–Trinajstić information content (AvgIpc) is 2.62. The SMILES string of the molecule is CC(C)(C)n1ncc(OCc2ccc(CCCCF)c([N+](=O)[O-])c2)c(Cl)c1=O. The first-order valence-electron chi connectivity index (χ1n) is 8.88. The minimum absolute atomic E-state index is 0.00797. The number of alkyl halides is 1. The van der Waals surface area contributed by atoms with Crippen molar-refractivity contribution in [3.8, 4) is 5.75 Å². The van der Waals surface area contributed by atoms with Crippen LogP contribution in [0.3, 0.4) is 0 Å². The number of aromatic nitrogens is 2. The number of hydrogen-bond donors (Lipinski definition) is 0. The predicted molar refractivity (Wildman–Crippen MR) is 105 cm³/mol. The van der Waals surface area contributed by atoms with E-state index in [4.69, 9.17) is 16.3 Å². The van der Waals surface area contributed by atoms with Crippen molar-refractivity contribution in [3.05, 3.63) is 61.0 Å². The lowest BCUT2D eigenvalue weighted by atomic mass is 10.0. The maximum atomic E-state index is 12.3. The van der Waals surface area contributed by atoms with E-state index >= 15 is 0 Å². The molecule has 0 bridgehead atoms. The molecule has 2 aromatic rings. The molecule has 0 saturated heterocycles. The third kappa shape index (κ3) is 5.28. The van der Waals surface area contributed by atoms with Gasteiger partial charge in [-0.2, -0.15) is 5.10 Å². The van der Waals surface area contributed by atoms with Crippen LogP contribution < -0.4 is 10.3 Å². The van der Waals surface area contributed by atoms with Gasteiger partial charge in [-0.3, -0.25) is 19.3 Å². The van der Waals surface area contributed by atoms with E-state index in [1.54, 1.807) is 12.1 Å². The first kappa shape index (κ1) is 21.8. The van der Waals surface area contributed by atoms with E-state index in [2.05, 4.69) is 5.10 Å². The minimum atomic E-state index is -0.530. The fourth-order valence-corrected chi connectivity index (χ4v) is 2.83. The standard InChI is InChI=1S/C19H23ClFN3O4/c1-19(2,3)23-18(25)17(20)16(11-22-23)28-12-13-7-8-14(6-4-5-9-21)15(10-13)24(26)27/h7-8,10-11H,4-6,9,12H2,1-3H3. The van der Waals surface area contributed by atoms with Crippen LogP contribution in [0.5, 0.6) is 5.75 Å². The highest BCUT2D eigenvalue weighted by atomic mass is 35.5. The molecule has 1 heterocycles. The maximum absolute atomic E-state index is 12.3. The Balaban J connectivity index is 2.18. The Kier molecular flexibility index (Phi) is 7.12. The van der Waals surface area contributed by atoms with Crippen molar-refractivity contribution in [1.82, 2.24) is 9.78 Å². The van der Waals surface area contributed by atoms with Gasteiger partial charge in [-0.15, -0.1) is 0 Å². The quantitative estimate of drug-likeness (QED) is 0.364. The Morgan fingerprint density at radius 3 is 2.64 bits per heavy atom. The molecule has 0 fully saturated rings. The zero-order valence-corrected chi connectivity index (χ0v) is 16.8. The van der Waals surface area contributed by atoms with Gasteiger partial charge < -0.3 is 4.74 Å². The summed E-state index contributed by atoms with van der Waals surface area (Å²) in [6.45, 7) is 5.03. The van der Waals surface area contributed by atoms with Gasteiger partial charge in [0.1, 0.15) is 6.61 Å². The van der Waals surface area contributed by atoms with E-state index in [-0.39, 0.29) is 23.1 Å². The molecule has 0 N–H and O–H groups in total. The van der Waals surface area contributed by atoms with Crippen molar-refractivity contribution in [2.24, 2.45) is 0 Å². The first-order chi connectivity index (χ1) is 13.1. The molecular weight excluding hydrogens is 389 g/mol. The summed E-state index contributed by atoms with van der Waals surface area (Å²) < 4.78 is 19.1. The van der Waals surface area contributed by atoms with E-state index in [0.717, 1.165) is 0 Å². The Morgan fingerprint density at radius 2 is 2.04 bits per heavy atom. The van der Waals surface area contributed by atoms with E-state index in [1.165, 1.54) is 16.9 Å². The number of nitro groups is 1. The largest absolute Gasteiger partial charge is 0.485 e. The van der Waals surface area contributed by atoms with Gasteiger partial charge in [0.05, 0.1) is 23.3 Å². The summed E-state index contributed by atoms with van der Waals surface area (Å²) in [6.07, 6.45) is 2.70. The molecule has 1 aromatic heterocycles. The molecule has 7 nitrogen and oxygen atoms in total. The van der Waals surface area contributed by atoms with Crippen molar-refractivity contribution in [2.45, 2.75) is 52.2 Å². The molecule has 0 radical (unpaired) electrons. The van der Waals surface area contributed by atoms with Gasteiger partial charge in [-0.1, -0.05) is 23.7 Å². The number of benzene rings is 1. The fraction of sp³-hybridized carbons (Fsp3) is 0.474. The zero-order chi connectivity index (χ0) is 20.9. The Hall–Kier alpha value is -2.48. The van der Waals surface area contributed by atoms with Crippen LogP contribution in [0.25, 0.3) is 0 Å². The summed E-state index contributed by atoms with van der Waals surface area (Å²) in [7, 11) is 0. The van der Waals surface area contributed by atoms with Crippen LogP contribution in [-0.4, -0.2) is 21.4 Å². The molecule has 1 aromatic carbocycles. The molecule has 2 rings (SSSR count). The maximum Gasteiger partial charge on any atom is 0.289 e. The summed E-state index contributed by atoms with van der Waals surface area (Å²) in [4.78, 5) is 23.2. The van der Waals surface area contributed by atoms with Gasteiger partial charge in [0, 0.05) is 11.6 Å². The van der Waals surface area contributed by atoms with Crippen LogP contribution in [-0.2, 0) is 18.6 Å². The van der Waals surface area contributed by atoms with E-state index in [0.29, 0.717) is 30.4 Å². The molecule has 9 heteroatoms. The second-order valence-electron chi connectivity index (χ2n) is 7.37. The van der Waals surface area contributed by atoms with Crippen molar-refractivity contribution in [1.29, 1.82) is 0 Å². The summed E-state index contributed by atoms with van der Waals surface area (Å²) in [5.41, 5.74) is 0.0672. The van der Waals surface area contributed by atoms with Gasteiger partial charge in [0.25, 0.3) is 11.2 Å². The number of ether oxygens (including phenoxy) is 1. The van der Waals surface area contributed by atoms with Crippen LogP contribution in [0, 0.1) is 10.1 Å². The molecule has 0 atom stereocenters. The number of nitrogens with zero attached hydrogens (tertiary/aromatic N) is 3. The van der Waals surface area contributed by atoms with Crippen molar-refractivity contribution in [3.63, 3.8) is 0 Å². The first-order valence-corrected chi connectivity index (χ1v) is 9.26. The smallest absolute Gasteiger partial charge is 0.289 e. The normalized spacial score (nSPS) is 11.5. The van der Waals surface area contributed by atoms with E-state index < -0.39 is 22.7 Å². The number of halogens is 2. The highest BCUT2D eigenvalue weighted by Gasteiger charge is 2.20.